The van der Waals surface area contributed by atoms with E-state index in [0.29, 0.717) is 32.0 Å². The van der Waals surface area contributed by atoms with Gasteiger partial charge in [-0.25, -0.2) is 0 Å². The molecule has 96 valence electrons. The highest BCUT2D eigenvalue weighted by Crippen LogP contribution is 2.11. The molecule has 0 atom stereocenters. The van der Waals surface area contributed by atoms with Crippen LogP contribution in [-0.4, -0.2) is 48.8 Å². The molecule has 4 heteroatoms. The second-order valence-corrected chi connectivity index (χ2v) is 3.88. The summed E-state index contributed by atoms with van der Waals surface area (Å²) in [5, 5.41) is 8.73. The number of ether oxygens (including phenoxy) is 1. The number of carbonyl (C=O) groups excluding carboxylic acids is 1. The van der Waals surface area contributed by atoms with Gasteiger partial charge in [-0.2, -0.15) is 0 Å². The van der Waals surface area contributed by atoms with E-state index in [1.807, 2.05) is 4.90 Å². The molecule has 0 aromatic heterocycles. The van der Waals surface area contributed by atoms with Gasteiger partial charge in [-0.15, -0.1) is 0 Å². The van der Waals surface area contributed by atoms with Crippen molar-refractivity contribution in [2.45, 2.75) is 45.6 Å². The smallest absolute Gasteiger partial charge is 0.222 e. The van der Waals surface area contributed by atoms with E-state index >= 15 is 0 Å². The summed E-state index contributed by atoms with van der Waals surface area (Å²) in [7, 11) is 1.64. The lowest BCUT2D eigenvalue weighted by molar-refractivity contribution is -0.134. The summed E-state index contributed by atoms with van der Waals surface area (Å²) in [6.07, 6.45) is 2.90. The van der Waals surface area contributed by atoms with Crippen molar-refractivity contribution in [3.05, 3.63) is 0 Å². The maximum Gasteiger partial charge on any atom is 0.222 e. The number of hydrogen-bond donors (Lipinski definition) is 1. The van der Waals surface area contributed by atoms with Crippen LogP contribution in [0.1, 0.15) is 39.5 Å². The van der Waals surface area contributed by atoms with Crippen LogP contribution in [0.2, 0.25) is 0 Å². The number of rotatable bonds is 9. The van der Waals surface area contributed by atoms with Crippen LogP contribution in [0.5, 0.6) is 0 Å². The average Bonchev–Trinajstić information content (AvgIpc) is 2.31. The second-order valence-electron chi connectivity index (χ2n) is 3.88. The minimum absolute atomic E-state index is 0.0762. The summed E-state index contributed by atoms with van der Waals surface area (Å²) in [5.41, 5.74) is 0. The largest absolute Gasteiger partial charge is 0.396 e. The molecule has 0 fully saturated rings. The van der Waals surface area contributed by atoms with Gasteiger partial charge in [-0.3, -0.25) is 4.79 Å². The van der Waals surface area contributed by atoms with E-state index in [1.54, 1.807) is 7.11 Å². The molecule has 4 nitrogen and oxygen atoms in total. The summed E-state index contributed by atoms with van der Waals surface area (Å²) in [6.45, 7) is 5.47. The SMILES string of the molecule is CCC(CC)N(CCOC)C(=O)CCCO. The molecule has 1 N–H and O–H groups in total. The Bertz CT molecular complexity index is 181. The van der Waals surface area contributed by atoms with Crippen LogP contribution in [0, 0.1) is 0 Å². The third-order valence-corrected chi connectivity index (χ3v) is 2.79. The van der Waals surface area contributed by atoms with Crippen molar-refractivity contribution in [2.24, 2.45) is 0 Å². The minimum Gasteiger partial charge on any atom is -0.396 e. The molecule has 0 radical (unpaired) electrons. The van der Waals surface area contributed by atoms with Gasteiger partial charge in [-0.1, -0.05) is 13.8 Å². The highest BCUT2D eigenvalue weighted by molar-refractivity contribution is 5.76. The zero-order valence-electron chi connectivity index (χ0n) is 10.7. The van der Waals surface area contributed by atoms with E-state index in [0.717, 1.165) is 12.8 Å². The Balaban J connectivity index is 4.32. The highest BCUT2D eigenvalue weighted by Gasteiger charge is 2.19. The number of methoxy groups -OCH3 is 1. The highest BCUT2D eigenvalue weighted by atomic mass is 16.5. The van der Waals surface area contributed by atoms with Crippen molar-refractivity contribution in [3.63, 3.8) is 0 Å². The normalized spacial score (nSPS) is 10.8. The van der Waals surface area contributed by atoms with Crippen LogP contribution in [0.4, 0.5) is 0 Å². The summed E-state index contributed by atoms with van der Waals surface area (Å²) in [4.78, 5) is 13.8. The van der Waals surface area contributed by atoms with Crippen LogP contribution >= 0.6 is 0 Å². The quantitative estimate of drug-likeness (QED) is 0.653. The standard InChI is InChI=1S/C12H25NO3/c1-4-11(5-2)13(8-10-16-3)12(15)7-6-9-14/h11,14H,4-10H2,1-3H3. The van der Waals surface area contributed by atoms with Crippen LogP contribution in [0.15, 0.2) is 0 Å². The average molecular weight is 231 g/mol. The van der Waals surface area contributed by atoms with Crippen LogP contribution in [0.3, 0.4) is 0 Å². The molecule has 0 saturated carbocycles. The van der Waals surface area contributed by atoms with Crippen molar-refractivity contribution in [1.29, 1.82) is 0 Å². The summed E-state index contributed by atoms with van der Waals surface area (Å²) in [6, 6.07) is 0.293. The molecule has 0 aliphatic rings. The van der Waals surface area contributed by atoms with Gasteiger partial charge in [0.2, 0.25) is 5.91 Å². The molecule has 0 aromatic carbocycles. The minimum atomic E-state index is 0.0762. The lowest BCUT2D eigenvalue weighted by Crippen LogP contribution is -2.41. The Morgan fingerprint density at radius 3 is 2.44 bits per heavy atom. The van der Waals surface area contributed by atoms with Crippen molar-refractivity contribution in [3.8, 4) is 0 Å². The first-order valence-corrected chi connectivity index (χ1v) is 6.10. The van der Waals surface area contributed by atoms with Crippen LogP contribution < -0.4 is 0 Å². The Kier molecular flexibility index (Phi) is 9.24. The van der Waals surface area contributed by atoms with E-state index in [-0.39, 0.29) is 12.5 Å². The number of nitrogens with zero attached hydrogens (tertiary/aromatic N) is 1. The van der Waals surface area contributed by atoms with Gasteiger partial charge in [0.15, 0.2) is 0 Å². The van der Waals surface area contributed by atoms with Gasteiger partial charge in [0, 0.05) is 32.7 Å². The Morgan fingerprint density at radius 2 is 2.00 bits per heavy atom. The van der Waals surface area contributed by atoms with Gasteiger partial charge in [-0.05, 0) is 19.3 Å². The van der Waals surface area contributed by atoms with Gasteiger partial charge >= 0.3 is 0 Å². The third-order valence-electron chi connectivity index (χ3n) is 2.79. The van der Waals surface area contributed by atoms with Gasteiger partial charge in [0.1, 0.15) is 0 Å². The van der Waals surface area contributed by atoms with Crippen molar-refractivity contribution >= 4 is 5.91 Å². The van der Waals surface area contributed by atoms with E-state index in [2.05, 4.69) is 13.8 Å². The van der Waals surface area contributed by atoms with Crippen LogP contribution in [-0.2, 0) is 9.53 Å². The fourth-order valence-electron chi connectivity index (χ4n) is 1.80. The molecule has 0 rings (SSSR count). The van der Waals surface area contributed by atoms with E-state index in [9.17, 15) is 4.79 Å². The summed E-state index contributed by atoms with van der Waals surface area (Å²) < 4.78 is 5.02. The number of aliphatic hydroxyl groups is 1. The van der Waals surface area contributed by atoms with Crippen molar-refractivity contribution in [2.75, 3.05) is 26.9 Å². The molecular weight excluding hydrogens is 206 g/mol. The first kappa shape index (κ1) is 15.4. The fraction of sp³-hybridized carbons (Fsp3) is 0.917. The topological polar surface area (TPSA) is 49.8 Å². The molecule has 0 unspecified atom stereocenters. The molecule has 0 aliphatic carbocycles. The number of amides is 1. The molecular formula is C12H25NO3. The molecule has 16 heavy (non-hydrogen) atoms. The molecule has 0 bridgehead atoms. The fourth-order valence-corrected chi connectivity index (χ4v) is 1.80. The Labute approximate surface area is 98.6 Å². The van der Waals surface area contributed by atoms with Gasteiger partial charge in [0.25, 0.3) is 0 Å². The monoisotopic (exact) mass is 231 g/mol. The molecule has 0 saturated heterocycles. The Hall–Kier alpha value is -0.610. The molecule has 0 spiro atoms. The molecule has 1 amide bonds. The molecule has 0 heterocycles. The number of aliphatic hydroxyl groups excluding tert-OH is 1. The number of hydrogen-bond acceptors (Lipinski definition) is 3. The summed E-state index contributed by atoms with van der Waals surface area (Å²) in [5.74, 6) is 0.125. The molecule has 0 aliphatic heterocycles. The van der Waals surface area contributed by atoms with Crippen molar-refractivity contribution in [1.82, 2.24) is 4.90 Å². The lowest BCUT2D eigenvalue weighted by atomic mass is 10.1. The predicted molar refractivity (Wildman–Crippen MR) is 64.3 cm³/mol. The van der Waals surface area contributed by atoms with Gasteiger partial charge < -0.3 is 14.7 Å². The van der Waals surface area contributed by atoms with Crippen molar-refractivity contribution < 1.29 is 14.6 Å². The van der Waals surface area contributed by atoms with E-state index in [1.165, 1.54) is 0 Å². The van der Waals surface area contributed by atoms with E-state index in [4.69, 9.17) is 9.84 Å². The van der Waals surface area contributed by atoms with Gasteiger partial charge in [0.05, 0.1) is 6.61 Å². The number of carbonyl (C=O) groups is 1. The Morgan fingerprint density at radius 1 is 1.38 bits per heavy atom. The maximum atomic E-state index is 11.9. The zero-order valence-corrected chi connectivity index (χ0v) is 10.7. The molecule has 0 aromatic rings. The summed E-state index contributed by atoms with van der Waals surface area (Å²) >= 11 is 0. The maximum absolute atomic E-state index is 11.9. The first-order valence-electron chi connectivity index (χ1n) is 6.10. The first-order chi connectivity index (χ1) is 7.71. The zero-order chi connectivity index (χ0) is 12.4. The van der Waals surface area contributed by atoms with E-state index < -0.39 is 0 Å². The third kappa shape index (κ3) is 5.47. The van der Waals surface area contributed by atoms with Crippen LogP contribution in [0.25, 0.3) is 0 Å². The predicted octanol–water partition coefficient (Wildman–Crippen LogP) is 1.42. The second kappa shape index (κ2) is 9.60. The lowest BCUT2D eigenvalue weighted by Gasteiger charge is -2.30.